The quantitative estimate of drug-likeness (QED) is 0.306. The number of carbonyl (C=O) groups excluding carboxylic acids is 1. The summed E-state index contributed by atoms with van der Waals surface area (Å²) in [5.41, 5.74) is 0.0344. The van der Waals surface area contributed by atoms with Crippen LogP contribution in [-0.2, 0) is 9.53 Å². The van der Waals surface area contributed by atoms with Crippen LogP contribution in [0.1, 0.15) is 48.0 Å². The van der Waals surface area contributed by atoms with E-state index in [0.717, 1.165) is 6.54 Å². The van der Waals surface area contributed by atoms with Crippen LogP contribution in [0.2, 0.25) is 0 Å². The van der Waals surface area contributed by atoms with Gasteiger partial charge < -0.3 is 20.7 Å². The van der Waals surface area contributed by atoms with Crippen molar-refractivity contribution >= 4 is 35.8 Å². The van der Waals surface area contributed by atoms with Gasteiger partial charge in [0.05, 0.1) is 12.6 Å². The van der Waals surface area contributed by atoms with Crippen molar-refractivity contribution in [2.75, 3.05) is 26.7 Å². The molecule has 0 aromatic carbocycles. The average Bonchev–Trinajstić information content (AvgIpc) is 2.36. The minimum atomic E-state index is 0. The lowest BCUT2D eigenvalue weighted by Gasteiger charge is -2.28. The Morgan fingerprint density at radius 2 is 1.83 bits per heavy atom. The van der Waals surface area contributed by atoms with E-state index in [0.29, 0.717) is 25.5 Å². The highest BCUT2D eigenvalue weighted by Gasteiger charge is 2.24. The van der Waals surface area contributed by atoms with E-state index in [1.807, 2.05) is 20.8 Å². The van der Waals surface area contributed by atoms with E-state index in [9.17, 15) is 4.79 Å². The molecule has 0 aromatic rings. The molecule has 0 saturated carbocycles. The maximum absolute atomic E-state index is 11.6. The van der Waals surface area contributed by atoms with Gasteiger partial charge in [-0.05, 0) is 26.2 Å². The molecule has 0 aliphatic rings. The van der Waals surface area contributed by atoms with Crippen LogP contribution < -0.4 is 16.0 Å². The van der Waals surface area contributed by atoms with E-state index in [1.165, 1.54) is 0 Å². The molecule has 3 N–H and O–H groups in total. The van der Waals surface area contributed by atoms with E-state index in [1.54, 1.807) is 7.11 Å². The third-order valence-corrected chi connectivity index (χ3v) is 3.10. The monoisotopic (exact) mass is 442 g/mol. The van der Waals surface area contributed by atoms with Crippen molar-refractivity contribution in [1.29, 1.82) is 0 Å². The predicted octanol–water partition coefficient (Wildman–Crippen LogP) is 2.14. The molecule has 0 rings (SSSR count). The molecule has 1 amide bonds. The molecule has 0 aromatic heterocycles. The third kappa shape index (κ3) is 12.5. The van der Waals surface area contributed by atoms with E-state index < -0.39 is 0 Å². The van der Waals surface area contributed by atoms with Gasteiger partial charge in [-0.15, -0.1) is 24.0 Å². The lowest BCUT2D eigenvalue weighted by atomic mass is 9.89. The predicted molar refractivity (Wildman–Crippen MR) is 108 cm³/mol. The molecular weight excluding hydrogens is 407 g/mol. The average molecular weight is 442 g/mol. The Labute approximate surface area is 158 Å². The number of hydrogen-bond donors (Lipinski definition) is 3. The van der Waals surface area contributed by atoms with Gasteiger partial charge in [-0.3, -0.25) is 9.79 Å². The standard InChI is InChI=1S/C16H34N4O2.HI/c1-8-17-15(18-10-9-14(21)20-12(2)3)19-11-13(22-7)16(4,5)6;/h12-13H,8-11H2,1-7H3,(H,20,21)(H2,17,18,19);1H. The lowest BCUT2D eigenvalue weighted by Crippen LogP contribution is -2.41. The summed E-state index contributed by atoms with van der Waals surface area (Å²) < 4.78 is 5.50. The molecule has 0 aliphatic heterocycles. The summed E-state index contributed by atoms with van der Waals surface area (Å²) in [5.74, 6) is 0.758. The van der Waals surface area contributed by atoms with Crippen LogP contribution in [0.15, 0.2) is 4.99 Å². The molecule has 23 heavy (non-hydrogen) atoms. The van der Waals surface area contributed by atoms with Gasteiger partial charge in [-0.25, -0.2) is 0 Å². The first-order valence-electron chi connectivity index (χ1n) is 8.05. The molecule has 0 bridgehead atoms. The fourth-order valence-electron chi connectivity index (χ4n) is 1.91. The zero-order valence-corrected chi connectivity index (χ0v) is 18.0. The van der Waals surface area contributed by atoms with Crippen molar-refractivity contribution in [1.82, 2.24) is 16.0 Å². The number of ether oxygens (including phenoxy) is 1. The molecule has 0 radical (unpaired) electrons. The highest BCUT2D eigenvalue weighted by molar-refractivity contribution is 14.0. The number of guanidine groups is 1. The number of aliphatic imine (C=N–C) groups is 1. The van der Waals surface area contributed by atoms with Crippen LogP contribution in [0.3, 0.4) is 0 Å². The zero-order valence-electron chi connectivity index (χ0n) is 15.7. The molecule has 1 atom stereocenters. The third-order valence-electron chi connectivity index (χ3n) is 3.10. The second-order valence-corrected chi connectivity index (χ2v) is 6.71. The normalized spacial score (nSPS) is 13.3. The molecule has 0 spiro atoms. The number of amides is 1. The van der Waals surface area contributed by atoms with E-state index in [4.69, 9.17) is 4.74 Å². The Morgan fingerprint density at radius 3 is 2.26 bits per heavy atom. The summed E-state index contributed by atoms with van der Waals surface area (Å²) in [6.45, 7) is 14.2. The lowest BCUT2D eigenvalue weighted by molar-refractivity contribution is -0.121. The highest BCUT2D eigenvalue weighted by Crippen LogP contribution is 2.21. The molecule has 1 unspecified atom stereocenters. The Morgan fingerprint density at radius 1 is 1.22 bits per heavy atom. The number of halogens is 1. The Kier molecular flexibility index (Phi) is 13.7. The minimum Gasteiger partial charge on any atom is -0.379 e. The summed E-state index contributed by atoms with van der Waals surface area (Å²) >= 11 is 0. The zero-order chi connectivity index (χ0) is 17.2. The number of carbonyl (C=O) groups is 1. The summed E-state index contributed by atoms with van der Waals surface area (Å²) in [6, 6.07) is 0.170. The van der Waals surface area contributed by atoms with Crippen LogP contribution in [-0.4, -0.2) is 50.8 Å². The molecular formula is C16H35IN4O2. The molecule has 0 aliphatic carbocycles. The van der Waals surface area contributed by atoms with Gasteiger partial charge in [0.15, 0.2) is 5.96 Å². The Balaban J connectivity index is 0. The van der Waals surface area contributed by atoms with Crippen molar-refractivity contribution in [3.8, 4) is 0 Å². The summed E-state index contributed by atoms with van der Waals surface area (Å²) in [5, 5.41) is 9.23. The van der Waals surface area contributed by atoms with Crippen LogP contribution in [0, 0.1) is 5.41 Å². The molecule has 138 valence electrons. The van der Waals surface area contributed by atoms with Gasteiger partial charge in [0.1, 0.15) is 0 Å². The van der Waals surface area contributed by atoms with Gasteiger partial charge in [0.25, 0.3) is 0 Å². The van der Waals surface area contributed by atoms with E-state index >= 15 is 0 Å². The molecule has 0 saturated heterocycles. The van der Waals surface area contributed by atoms with Crippen molar-refractivity contribution in [2.45, 2.75) is 60.1 Å². The Hall–Kier alpha value is -0.570. The summed E-state index contributed by atoms with van der Waals surface area (Å²) in [4.78, 5) is 16.2. The number of hydrogen-bond acceptors (Lipinski definition) is 3. The van der Waals surface area contributed by atoms with Gasteiger partial charge in [0, 0.05) is 32.7 Å². The maximum Gasteiger partial charge on any atom is 0.221 e. The number of methoxy groups -OCH3 is 1. The van der Waals surface area contributed by atoms with Gasteiger partial charge in [-0.2, -0.15) is 0 Å². The van der Waals surface area contributed by atoms with Crippen LogP contribution in [0.25, 0.3) is 0 Å². The first kappa shape index (κ1) is 24.7. The van der Waals surface area contributed by atoms with Gasteiger partial charge >= 0.3 is 0 Å². The SMILES string of the molecule is CCNC(=NCC(OC)C(C)(C)C)NCCC(=O)NC(C)C.I. The van der Waals surface area contributed by atoms with Crippen molar-refractivity contribution in [2.24, 2.45) is 10.4 Å². The van der Waals surface area contributed by atoms with E-state index in [2.05, 4.69) is 41.7 Å². The fraction of sp³-hybridized carbons (Fsp3) is 0.875. The van der Waals surface area contributed by atoms with Crippen molar-refractivity contribution in [3.63, 3.8) is 0 Å². The fourth-order valence-corrected chi connectivity index (χ4v) is 1.91. The largest absolute Gasteiger partial charge is 0.379 e. The summed E-state index contributed by atoms with van der Waals surface area (Å²) in [7, 11) is 1.71. The molecule has 0 fully saturated rings. The van der Waals surface area contributed by atoms with Crippen molar-refractivity contribution < 1.29 is 9.53 Å². The maximum atomic E-state index is 11.6. The van der Waals surface area contributed by atoms with Gasteiger partial charge in [0.2, 0.25) is 5.91 Å². The highest BCUT2D eigenvalue weighted by atomic mass is 127. The van der Waals surface area contributed by atoms with Gasteiger partial charge in [-0.1, -0.05) is 20.8 Å². The minimum absolute atomic E-state index is 0. The summed E-state index contributed by atoms with van der Waals surface area (Å²) in [6.07, 6.45) is 0.474. The van der Waals surface area contributed by atoms with Crippen LogP contribution >= 0.6 is 24.0 Å². The topological polar surface area (TPSA) is 74.8 Å². The van der Waals surface area contributed by atoms with Crippen LogP contribution in [0.5, 0.6) is 0 Å². The first-order chi connectivity index (χ1) is 10.2. The number of nitrogens with one attached hydrogen (secondary N) is 3. The number of nitrogens with zero attached hydrogens (tertiary/aromatic N) is 1. The molecule has 0 heterocycles. The second-order valence-electron chi connectivity index (χ2n) is 6.71. The molecule has 6 nitrogen and oxygen atoms in total. The van der Waals surface area contributed by atoms with E-state index in [-0.39, 0.29) is 47.4 Å². The first-order valence-corrected chi connectivity index (χ1v) is 8.05. The number of rotatable bonds is 8. The second kappa shape index (κ2) is 12.8. The van der Waals surface area contributed by atoms with Crippen LogP contribution in [0.4, 0.5) is 0 Å². The smallest absolute Gasteiger partial charge is 0.221 e. The molecule has 7 heteroatoms. The van der Waals surface area contributed by atoms with Crippen molar-refractivity contribution in [3.05, 3.63) is 0 Å². The Bertz CT molecular complexity index is 354.